The minimum absolute atomic E-state index is 0.277. The second kappa shape index (κ2) is 10.6. The van der Waals surface area contributed by atoms with E-state index < -0.39 is 28.8 Å². The quantitative estimate of drug-likeness (QED) is 0.325. The van der Waals surface area contributed by atoms with Gasteiger partial charge in [-0.15, -0.1) is 0 Å². The number of amides is 3. The van der Waals surface area contributed by atoms with E-state index in [0.29, 0.717) is 32.6 Å². The van der Waals surface area contributed by atoms with Gasteiger partial charge in [-0.1, -0.05) is 52.9 Å². The number of hydrogen-bond acceptors (Lipinski definition) is 7. The molecule has 1 saturated heterocycles. The molecule has 2 aliphatic heterocycles. The highest BCUT2D eigenvalue weighted by Crippen LogP contribution is 2.53. The molecule has 41 heavy (non-hydrogen) atoms. The van der Waals surface area contributed by atoms with Gasteiger partial charge < -0.3 is 10.1 Å². The van der Waals surface area contributed by atoms with Crippen LogP contribution in [-0.2, 0) is 20.9 Å². The molecular weight excluding hydrogens is 565 g/mol. The molecule has 3 aromatic carbocycles. The Balaban J connectivity index is 1.38. The van der Waals surface area contributed by atoms with Gasteiger partial charge in [-0.2, -0.15) is 0 Å². The number of carbonyl (C=O) groups is 3. The lowest BCUT2D eigenvalue weighted by molar-refractivity contribution is -0.122. The van der Waals surface area contributed by atoms with Crippen LogP contribution in [0.25, 0.3) is 0 Å². The van der Waals surface area contributed by atoms with Crippen LogP contribution in [0, 0.1) is 18.7 Å². The van der Waals surface area contributed by atoms with E-state index in [1.165, 1.54) is 21.6 Å². The number of carbonyl (C=O) groups excluding carboxylic acids is 3. The lowest BCUT2D eigenvalue weighted by Gasteiger charge is -2.30. The van der Waals surface area contributed by atoms with Gasteiger partial charge in [0.05, 0.1) is 23.7 Å². The van der Waals surface area contributed by atoms with E-state index in [-0.39, 0.29) is 23.2 Å². The van der Waals surface area contributed by atoms with Gasteiger partial charge in [0, 0.05) is 16.5 Å². The SMILES string of the molecule is COc1ccc(NC(=O)Cn2c3c(sc2=O)[C@@H](c2ccc(F)cc2)[C@H]2C(=O)N(c4ccc(C)cc4)C(=O)[C@H]2S3)cc1. The van der Waals surface area contributed by atoms with Crippen molar-refractivity contribution in [3.8, 4) is 5.75 Å². The predicted molar refractivity (Wildman–Crippen MR) is 155 cm³/mol. The first-order valence-electron chi connectivity index (χ1n) is 12.8. The fourth-order valence-electron chi connectivity index (χ4n) is 5.25. The molecule has 3 amide bonds. The Morgan fingerprint density at radius 3 is 2.29 bits per heavy atom. The molecule has 0 saturated carbocycles. The molecule has 0 radical (unpaired) electrons. The second-order valence-corrected chi connectivity index (χ2v) is 12.0. The summed E-state index contributed by atoms with van der Waals surface area (Å²) in [6, 6.07) is 19.7. The molecule has 1 aromatic heterocycles. The first-order chi connectivity index (χ1) is 19.7. The van der Waals surface area contributed by atoms with Crippen molar-refractivity contribution in [2.24, 2.45) is 5.92 Å². The van der Waals surface area contributed by atoms with Crippen molar-refractivity contribution in [1.82, 2.24) is 4.57 Å². The highest BCUT2D eigenvalue weighted by Gasteiger charge is 2.56. The molecule has 3 atom stereocenters. The Kier molecular flexibility index (Phi) is 7.00. The zero-order chi connectivity index (χ0) is 28.8. The van der Waals surface area contributed by atoms with Gasteiger partial charge in [-0.05, 0) is 61.0 Å². The molecule has 2 aliphatic rings. The maximum Gasteiger partial charge on any atom is 0.308 e. The first kappa shape index (κ1) is 27.0. The third-order valence-electron chi connectivity index (χ3n) is 7.25. The number of methoxy groups -OCH3 is 1. The summed E-state index contributed by atoms with van der Waals surface area (Å²) in [5.41, 5.74) is 2.61. The largest absolute Gasteiger partial charge is 0.497 e. The van der Waals surface area contributed by atoms with Crippen LogP contribution in [0.2, 0.25) is 0 Å². The summed E-state index contributed by atoms with van der Waals surface area (Å²) < 4.78 is 20.4. The fraction of sp³-hybridized carbons (Fsp3) is 0.200. The number of thiazole rings is 1. The van der Waals surface area contributed by atoms with Gasteiger partial charge in [-0.25, -0.2) is 9.29 Å². The topological polar surface area (TPSA) is 97.7 Å². The van der Waals surface area contributed by atoms with Crippen LogP contribution < -0.4 is 19.8 Å². The van der Waals surface area contributed by atoms with Crippen molar-refractivity contribution < 1.29 is 23.5 Å². The highest BCUT2D eigenvalue weighted by molar-refractivity contribution is 8.00. The number of nitrogens with zero attached hydrogens (tertiary/aromatic N) is 2. The summed E-state index contributed by atoms with van der Waals surface area (Å²) in [4.78, 5) is 55.3. The molecule has 0 aliphatic carbocycles. The Morgan fingerprint density at radius 2 is 1.63 bits per heavy atom. The Hall–Kier alpha value is -4.22. The number of fused-ring (bicyclic) bond motifs is 2. The number of nitrogens with one attached hydrogen (secondary N) is 1. The zero-order valence-electron chi connectivity index (χ0n) is 22.0. The van der Waals surface area contributed by atoms with Gasteiger partial charge in [0.2, 0.25) is 17.7 Å². The number of halogens is 1. The van der Waals surface area contributed by atoms with Crippen molar-refractivity contribution in [3.05, 3.63) is 104 Å². The van der Waals surface area contributed by atoms with Crippen LogP contribution >= 0.6 is 23.1 Å². The molecule has 3 heterocycles. The predicted octanol–water partition coefficient (Wildman–Crippen LogP) is 4.80. The minimum Gasteiger partial charge on any atom is -0.497 e. The van der Waals surface area contributed by atoms with Gasteiger partial charge in [0.15, 0.2) is 0 Å². The van der Waals surface area contributed by atoms with Crippen molar-refractivity contribution in [1.29, 1.82) is 0 Å². The maximum absolute atomic E-state index is 13.9. The van der Waals surface area contributed by atoms with Crippen LogP contribution in [0.5, 0.6) is 5.75 Å². The minimum atomic E-state index is -0.823. The van der Waals surface area contributed by atoms with E-state index in [2.05, 4.69) is 5.32 Å². The van der Waals surface area contributed by atoms with E-state index in [0.717, 1.165) is 28.7 Å². The average molecular weight is 590 g/mol. The second-order valence-electron chi connectivity index (χ2n) is 9.84. The lowest BCUT2D eigenvalue weighted by Crippen LogP contribution is -2.33. The van der Waals surface area contributed by atoms with Gasteiger partial charge in [-0.3, -0.25) is 23.7 Å². The number of aromatic nitrogens is 1. The third kappa shape index (κ3) is 4.85. The van der Waals surface area contributed by atoms with Crippen LogP contribution in [0.15, 0.2) is 82.6 Å². The normalized spacial score (nSPS) is 19.6. The number of aryl methyl sites for hydroxylation is 1. The number of anilines is 2. The summed E-state index contributed by atoms with van der Waals surface area (Å²) in [7, 11) is 1.55. The van der Waals surface area contributed by atoms with E-state index in [1.807, 2.05) is 19.1 Å². The van der Waals surface area contributed by atoms with E-state index in [4.69, 9.17) is 4.74 Å². The van der Waals surface area contributed by atoms with Gasteiger partial charge >= 0.3 is 4.87 Å². The van der Waals surface area contributed by atoms with Crippen LogP contribution in [-0.4, -0.2) is 34.6 Å². The van der Waals surface area contributed by atoms with Crippen molar-refractivity contribution in [3.63, 3.8) is 0 Å². The summed E-state index contributed by atoms with van der Waals surface area (Å²) >= 11 is 2.08. The van der Waals surface area contributed by atoms with Gasteiger partial charge in [0.25, 0.3) is 0 Å². The fourth-order valence-corrected chi connectivity index (χ4v) is 8.02. The number of thioether (sulfide) groups is 1. The van der Waals surface area contributed by atoms with Crippen LogP contribution in [0.1, 0.15) is 21.9 Å². The molecule has 1 fully saturated rings. The third-order valence-corrected chi connectivity index (χ3v) is 9.85. The number of hydrogen-bond donors (Lipinski definition) is 1. The summed E-state index contributed by atoms with van der Waals surface area (Å²) in [5.74, 6) is -2.45. The molecular formula is C30H24FN3O5S2. The molecule has 11 heteroatoms. The van der Waals surface area contributed by atoms with E-state index in [9.17, 15) is 23.6 Å². The molecule has 4 aromatic rings. The molecule has 0 unspecified atom stereocenters. The molecule has 8 nitrogen and oxygen atoms in total. The number of imide groups is 1. The molecule has 0 spiro atoms. The summed E-state index contributed by atoms with van der Waals surface area (Å²) in [5, 5.41) is 2.42. The van der Waals surface area contributed by atoms with Crippen LogP contribution in [0.4, 0.5) is 15.8 Å². The number of benzene rings is 3. The van der Waals surface area contributed by atoms with Crippen molar-refractivity contribution >= 4 is 52.2 Å². The monoisotopic (exact) mass is 589 g/mol. The summed E-state index contributed by atoms with van der Waals surface area (Å²) in [6.07, 6.45) is 0. The summed E-state index contributed by atoms with van der Waals surface area (Å²) in [6.45, 7) is 1.64. The number of rotatable bonds is 6. The van der Waals surface area contributed by atoms with Crippen molar-refractivity contribution in [2.45, 2.75) is 29.7 Å². The first-order valence-corrected chi connectivity index (χ1v) is 14.5. The lowest BCUT2D eigenvalue weighted by atomic mass is 9.83. The standard InChI is InChI=1S/C30H24FN3O5S2/c1-16-3-11-20(12-4-16)34-27(36)24-23(17-5-7-18(31)8-6-17)26-29(40-25(24)28(34)37)33(30(38)41-26)15-22(35)32-19-9-13-21(39-2)14-10-19/h3-14,23-25H,15H2,1-2H3,(H,32,35)/t23-,24+,25-/m0/s1. The van der Waals surface area contributed by atoms with E-state index >= 15 is 0 Å². The van der Waals surface area contributed by atoms with E-state index in [1.54, 1.807) is 55.6 Å². The average Bonchev–Trinajstić information content (AvgIpc) is 3.40. The zero-order valence-corrected chi connectivity index (χ0v) is 23.6. The molecule has 1 N–H and O–H groups in total. The van der Waals surface area contributed by atoms with Gasteiger partial charge in [0.1, 0.15) is 23.4 Å². The Morgan fingerprint density at radius 1 is 0.951 bits per heavy atom. The smallest absolute Gasteiger partial charge is 0.308 e. The molecule has 6 rings (SSSR count). The highest BCUT2D eigenvalue weighted by atomic mass is 32.2. The van der Waals surface area contributed by atoms with Crippen molar-refractivity contribution in [2.75, 3.05) is 17.3 Å². The number of ether oxygens (including phenoxy) is 1. The maximum atomic E-state index is 13.9. The van der Waals surface area contributed by atoms with Crippen LogP contribution in [0.3, 0.4) is 0 Å². The Bertz CT molecular complexity index is 1720. The molecule has 208 valence electrons. The molecule has 0 bridgehead atoms. The Labute approximate surface area is 242 Å².